The Kier molecular flexibility index (Phi) is 5.56. The Morgan fingerprint density at radius 3 is 2.39 bits per heavy atom. The van der Waals surface area contributed by atoms with E-state index in [-0.39, 0.29) is 42.5 Å². The van der Waals surface area contributed by atoms with E-state index in [1.165, 1.54) is 4.90 Å². The second-order valence-electron chi connectivity index (χ2n) is 11.8. The number of ether oxygens (including phenoxy) is 2. The number of carbonyl (C=O) groups is 2. The maximum Gasteiger partial charge on any atom is 0.291 e. The summed E-state index contributed by atoms with van der Waals surface area (Å²) in [5.74, 6) is 0.178. The average Bonchev–Trinajstić information content (AvgIpc) is 3.64. The molecule has 1 aromatic heterocycles. The third-order valence-corrected chi connectivity index (χ3v) is 9.05. The molecular weight excluding hydrogens is 556 g/mol. The molecule has 0 saturated heterocycles. The zero-order valence-corrected chi connectivity index (χ0v) is 24.5. The van der Waals surface area contributed by atoms with Gasteiger partial charge in [0.25, 0.3) is 11.8 Å². The third-order valence-electron chi connectivity index (χ3n) is 9.05. The standard InChI is InChI=1S/C36H28N2O6/c1-20-7-6-8-23(13-20)17-37-27-10-5-4-9-26(27)36(35(37)41)31-32(39)25-14-21(2)22(3)15-29(25)44-33(31)34(40)38(36)18-24-11-12-28-30(16-24)43-19-42-28/h4-16H,17-19H2,1-3H3. The fraction of sp³-hybridized carbons (Fsp3) is 0.194. The van der Waals surface area contributed by atoms with Gasteiger partial charge in [0.1, 0.15) is 5.58 Å². The SMILES string of the molecule is Cc1cccc(CN2C(=O)C3(c4ccccc42)c2c(oc4cc(C)c(C)cc4c2=O)C(=O)N3Cc2ccc3c(c2)OCO3)c1. The average molecular weight is 585 g/mol. The van der Waals surface area contributed by atoms with Crippen molar-refractivity contribution in [1.29, 1.82) is 0 Å². The molecule has 3 aliphatic heterocycles. The van der Waals surface area contributed by atoms with Gasteiger partial charge in [-0.3, -0.25) is 14.4 Å². The van der Waals surface area contributed by atoms with Crippen molar-refractivity contribution < 1.29 is 23.5 Å². The third kappa shape index (κ3) is 3.54. The molecule has 1 spiro atoms. The molecule has 2 amide bonds. The first-order chi connectivity index (χ1) is 21.3. The van der Waals surface area contributed by atoms with Crippen molar-refractivity contribution in [2.45, 2.75) is 39.4 Å². The number of rotatable bonds is 4. The quantitative estimate of drug-likeness (QED) is 0.262. The van der Waals surface area contributed by atoms with Crippen LogP contribution in [0.2, 0.25) is 0 Å². The summed E-state index contributed by atoms with van der Waals surface area (Å²) in [5.41, 5.74) is 4.07. The largest absolute Gasteiger partial charge is 0.454 e. The molecule has 3 aliphatic rings. The lowest BCUT2D eigenvalue weighted by Crippen LogP contribution is -2.52. The van der Waals surface area contributed by atoms with Crippen LogP contribution < -0.4 is 19.8 Å². The summed E-state index contributed by atoms with van der Waals surface area (Å²) >= 11 is 0. The zero-order chi connectivity index (χ0) is 30.3. The van der Waals surface area contributed by atoms with Gasteiger partial charge in [-0.15, -0.1) is 0 Å². The minimum absolute atomic E-state index is 0.0336. The van der Waals surface area contributed by atoms with Gasteiger partial charge in [0, 0.05) is 12.1 Å². The number of nitrogens with zero attached hydrogens (tertiary/aromatic N) is 2. The van der Waals surface area contributed by atoms with Gasteiger partial charge in [0.05, 0.1) is 23.2 Å². The van der Waals surface area contributed by atoms with Crippen molar-refractivity contribution >= 4 is 28.5 Å². The van der Waals surface area contributed by atoms with E-state index in [2.05, 4.69) is 0 Å². The molecular formula is C36H28N2O6. The molecule has 1 unspecified atom stereocenters. The van der Waals surface area contributed by atoms with Crippen molar-refractivity contribution in [3.05, 3.63) is 134 Å². The molecule has 0 fully saturated rings. The Labute approximate surface area is 253 Å². The molecule has 0 aliphatic carbocycles. The van der Waals surface area contributed by atoms with Gasteiger partial charge in [-0.05, 0) is 73.4 Å². The Bertz CT molecular complexity index is 2130. The second-order valence-corrected chi connectivity index (χ2v) is 11.8. The molecule has 0 N–H and O–H groups in total. The van der Waals surface area contributed by atoms with Gasteiger partial charge in [-0.2, -0.15) is 0 Å². The molecule has 218 valence electrons. The molecule has 8 nitrogen and oxygen atoms in total. The van der Waals surface area contributed by atoms with Crippen molar-refractivity contribution in [3.63, 3.8) is 0 Å². The summed E-state index contributed by atoms with van der Waals surface area (Å²) in [5, 5.41) is 0.339. The number of para-hydroxylation sites is 1. The molecule has 0 bridgehead atoms. The highest BCUT2D eigenvalue weighted by atomic mass is 16.7. The molecule has 0 saturated carbocycles. The van der Waals surface area contributed by atoms with E-state index in [0.29, 0.717) is 33.7 Å². The van der Waals surface area contributed by atoms with Gasteiger partial charge in [0.15, 0.2) is 22.5 Å². The molecule has 4 aromatic carbocycles. The monoisotopic (exact) mass is 584 g/mol. The van der Waals surface area contributed by atoms with E-state index in [4.69, 9.17) is 13.9 Å². The molecule has 8 heteroatoms. The van der Waals surface area contributed by atoms with Crippen LogP contribution in [0, 0.1) is 20.8 Å². The number of benzene rings is 4. The summed E-state index contributed by atoms with van der Waals surface area (Å²) in [6, 6.07) is 24.4. The van der Waals surface area contributed by atoms with E-state index in [0.717, 1.165) is 27.8 Å². The number of anilines is 1. The predicted molar refractivity (Wildman–Crippen MR) is 164 cm³/mol. The van der Waals surface area contributed by atoms with Crippen LogP contribution >= 0.6 is 0 Å². The topological polar surface area (TPSA) is 89.3 Å². The number of amides is 2. The van der Waals surface area contributed by atoms with Crippen LogP contribution in [0.15, 0.2) is 88.1 Å². The van der Waals surface area contributed by atoms with E-state index in [1.807, 2.05) is 75.4 Å². The van der Waals surface area contributed by atoms with Gasteiger partial charge in [-0.25, -0.2) is 0 Å². The fourth-order valence-electron chi connectivity index (χ4n) is 6.84. The number of hydrogen-bond acceptors (Lipinski definition) is 6. The Balaban J connectivity index is 1.39. The van der Waals surface area contributed by atoms with Crippen LogP contribution in [-0.4, -0.2) is 23.5 Å². The van der Waals surface area contributed by atoms with Crippen LogP contribution in [0.4, 0.5) is 5.69 Å². The number of hydrogen-bond donors (Lipinski definition) is 0. The van der Waals surface area contributed by atoms with Crippen LogP contribution in [0.25, 0.3) is 11.0 Å². The first-order valence-electron chi connectivity index (χ1n) is 14.5. The number of carbonyl (C=O) groups excluding carboxylic acids is 2. The molecule has 4 heterocycles. The lowest BCUT2D eigenvalue weighted by molar-refractivity contribution is -0.126. The van der Waals surface area contributed by atoms with Crippen LogP contribution in [0.5, 0.6) is 11.5 Å². The Morgan fingerprint density at radius 1 is 0.773 bits per heavy atom. The van der Waals surface area contributed by atoms with Crippen molar-refractivity contribution in [2.24, 2.45) is 0 Å². The second kappa shape index (κ2) is 9.31. The van der Waals surface area contributed by atoms with E-state index in [1.54, 1.807) is 29.2 Å². The normalized spacial score (nSPS) is 18.1. The lowest BCUT2D eigenvalue weighted by atomic mass is 9.83. The molecule has 0 radical (unpaired) electrons. The molecule has 8 rings (SSSR count). The number of aryl methyl sites for hydroxylation is 3. The fourth-order valence-corrected chi connectivity index (χ4v) is 6.84. The van der Waals surface area contributed by atoms with E-state index >= 15 is 4.79 Å². The Hall–Kier alpha value is -5.37. The number of fused-ring (bicyclic) bond motifs is 6. The minimum atomic E-state index is -1.73. The van der Waals surface area contributed by atoms with Crippen LogP contribution in [0.3, 0.4) is 0 Å². The highest BCUT2D eigenvalue weighted by molar-refractivity contribution is 6.17. The van der Waals surface area contributed by atoms with Gasteiger partial charge >= 0.3 is 0 Å². The highest BCUT2D eigenvalue weighted by Crippen LogP contribution is 2.53. The zero-order valence-electron chi connectivity index (χ0n) is 24.5. The first kappa shape index (κ1) is 26.3. The van der Waals surface area contributed by atoms with Crippen molar-refractivity contribution in [1.82, 2.24) is 4.90 Å². The molecule has 5 aromatic rings. The maximum absolute atomic E-state index is 15.1. The summed E-state index contributed by atoms with van der Waals surface area (Å²) in [6.45, 7) is 6.28. The lowest BCUT2D eigenvalue weighted by Gasteiger charge is -2.34. The summed E-state index contributed by atoms with van der Waals surface area (Å²) < 4.78 is 17.4. The maximum atomic E-state index is 15.1. The first-order valence-corrected chi connectivity index (χ1v) is 14.5. The summed E-state index contributed by atoms with van der Waals surface area (Å²) in [6.07, 6.45) is 0. The van der Waals surface area contributed by atoms with Crippen LogP contribution in [0.1, 0.15) is 49.5 Å². The van der Waals surface area contributed by atoms with Gasteiger partial charge in [0.2, 0.25) is 12.6 Å². The predicted octanol–water partition coefficient (Wildman–Crippen LogP) is 5.89. The molecule has 44 heavy (non-hydrogen) atoms. The minimum Gasteiger partial charge on any atom is -0.454 e. The summed E-state index contributed by atoms with van der Waals surface area (Å²) in [7, 11) is 0. The summed E-state index contributed by atoms with van der Waals surface area (Å²) in [4.78, 5) is 47.3. The van der Waals surface area contributed by atoms with E-state index < -0.39 is 11.4 Å². The molecule has 1 atom stereocenters. The van der Waals surface area contributed by atoms with Crippen molar-refractivity contribution in [2.75, 3.05) is 11.7 Å². The smallest absolute Gasteiger partial charge is 0.291 e. The van der Waals surface area contributed by atoms with Gasteiger partial charge < -0.3 is 23.7 Å². The van der Waals surface area contributed by atoms with Crippen LogP contribution in [-0.2, 0) is 23.4 Å². The highest BCUT2D eigenvalue weighted by Gasteiger charge is 2.65. The Morgan fingerprint density at radius 2 is 1.55 bits per heavy atom. The van der Waals surface area contributed by atoms with E-state index in [9.17, 15) is 9.59 Å². The van der Waals surface area contributed by atoms with Gasteiger partial charge in [-0.1, -0.05) is 54.1 Å². The van der Waals surface area contributed by atoms with Crippen molar-refractivity contribution in [3.8, 4) is 11.5 Å².